The van der Waals surface area contributed by atoms with Crippen LogP contribution in [0.25, 0.3) is 27.5 Å². The van der Waals surface area contributed by atoms with E-state index in [0.29, 0.717) is 51.3 Å². The third kappa shape index (κ3) is 2.99. The van der Waals surface area contributed by atoms with E-state index in [9.17, 15) is 9.90 Å². The zero-order valence-corrected chi connectivity index (χ0v) is 15.8. The van der Waals surface area contributed by atoms with Gasteiger partial charge in [-0.1, -0.05) is 6.07 Å². The zero-order valence-electron chi connectivity index (χ0n) is 14.9. The number of hydrogen-bond acceptors (Lipinski definition) is 8. The van der Waals surface area contributed by atoms with Crippen LogP contribution in [0.15, 0.2) is 42.6 Å². The van der Waals surface area contributed by atoms with E-state index in [2.05, 4.69) is 27.8 Å². The molecule has 0 amide bonds. The van der Waals surface area contributed by atoms with E-state index in [4.69, 9.17) is 9.47 Å². The first-order chi connectivity index (χ1) is 13.6. The second kappa shape index (κ2) is 7.35. The van der Waals surface area contributed by atoms with Crippen molar-refractivity contribution in [2.24, 2.45) is 0 Å². The first kappa shape index (κ1) is 18.1. The minimum absolute atomic E-state index is 0.0180. The molecule has 28 heavy (non-hydrogen) atoms. The monoisotopic (exact) mass is 396 g/mol. The zero-order chi connectivity index (χ0) is 19.7. The fourth-order valence-electron chi connectivity index (χ4n) is 2.94. The van der Waals surface area contributed by atoms with Gasteiger partial charge in [-0.25, -0.2) is 9.78 Å². The van der Waals surface area contributed by atoms with Crippen molar-refractivity contribution in [2.45, 2.75) is 0 Å². The summed E-state index contributed by atoms with van der Waals surface area (Å²) in [7, 11) is 1.31. The van der Waals surface area contributed by atoms with Crippen molar-refractivity contribution >= 4 is 40.4 Å². The van der Waals surface area contributed by atoms with Gasteiger partial charge in [-0.15, -0.1) is 15.0 Å². The van der Waals surface area contributed by atoms with Crippen LogP contribution in [0, 0.1) is 0 Å². The molecular formula is C19H16N4O4S. The number of pyridine rings is 1. The molecule has 0 saturated heterocycles. The summed E-state index contributed by atoms with van der Waals surface area (Å²) in [6.45, 7) is 0.403. The van der Waals surface area contributed by atoms with Crippen LogP contribution in [0.3, 0.4) is 0 Å². The SMILES string of the molecule is COC(=O)c1cccc2nn(-c3ccc4c(OCCS)nccc4c3O)nc12. The van der Waals surface area contributed by atoms with Gasteiger partial charge < -0.3 is 14.6 Å². The molecule has 0 fully saturated rings. The second-order valence-corrected chi connectivity index (χ2v) is 6.32. The molecule has 0 bridgehead atoms. The minimum Gasteiger partial charge on any atom is -0.505 e. The van der Waals surface area contributed by atoms with Crippen LogP contribution in [0.2, 0.25) is 0 Å². The van der Waals surface area contributed by atoms with Crippen molar-refractivity contribution in [1.82, 2.24) is 20.0 Å². The molecule has 0 unspecified atom stereocenters. The first-order valence-corrected chi connectivity index (χ1v) is 9.06. The van der Waals surface area contributed by atoms with E-state index in [1.54, 1.807) is 42.6 Å². The lowest BCUT2D eigenvalue weighted by molar-refractivity contribution is 0.0602. The normalized spacial score (nSPS) is 11.1. The summed E-state index contributed by atoms with van der Waals surface area (Å²) < 4.78 is 10.4. The number of hydrogen-bond donors (Lipinski definition) is 2. The van der Waals surface area contributed by atoms with Gasteiger partial charge in [0.25, 0.3) is 0 Å². The highest BCUT2D eigenvalue weighted by molar-refractivity contribution is 7.80. The Morgan fingerprint density at radius 1 is 1.18 bits per heavy atom. The number of benzene rings is 2. The number of phenolic OH excluding ortho intramolecular Hbond substituents is 1. The Balaban J connectivity index is 1.85. The standard InChI is InChI=1S/C19H16N4O4S/c1-26-19(25)13-3-2-4-14-16(13)22-23(21-14)15-6-5-12-11(17(15)24)7-8-20-18(12)27-9-10-28/h2-8,24,28H,9-10H2,1H3. The average molecular weight is 396 g/mol. The lowest BCUT2D eigenvalue weighted by Crippen LogP contribution is -2.03. The Bertz CT molecular complexity index is 1190. The van der Waals surface area contributed by atoms with Crippen LogP contribution < -0.4 is 4.74 Å². The number of aromatic hydroxyl groups is 1. The topological polar surface area (TPSA) is 99.4 Å². The average Bonchev–Trinajstić information content (AvgIpc) is 3.16. The Kier molecular flexibility index (Phi) is 4.74. The van der Waals surface area contributed by atoms with Crippen molar-refractivity contribution in [1.29, 1.82) is 0 Å². The molecule has 8 nitrogen and oxygen atoms in total. The summed E-state index contributed by atoms with van der Waals surface area (Å²) in [6.07, 6.45) is 1.56. The highest BCUT2D eigenvalue weighted by atomic mass is 32.1. The number of fused-ring (bicyclic) bond motifs is 2. The maximum Gasteiger partial charge on any atom is 0.340 e. The van der Waals surface area contributed by atoms with E-state index in [1.807, 2.05) is 0 Å². The van der Waals surface area contributed by atoms with Crippen molar-refractivity contribution in [3.63, 3.8) is 0 Å². The fourth-order valence-corrected chi connectivity index (χ4v) is 3.03. The quantitative estimate of drug-likeness (QED) is 0.395. The number of carbonyl (C=O) groups excluding carboxylic acids is 1. The third-order valence-electron chi connectivity index (χ3n) is 4.22. The molecule has 142 valence electrons. The van der Waals surface area contributed by atoms with Crippen molar-refractivity contribution in [2.75, 3.05) is 19.5 Å². The molecule has 2 heterocycles. The largest absolute Gasteiger partial charge is 0.505 e. The smallest absolute Gasteiger partial charge is 0.340 e. The van der Waals surface area contributed by atoms with Crippen LogP contribution in [0.4, 0.5) is 0 Å². The molecule has 0 radical (unpaired) electrons. The van der Waals surface area contributed by atoms with E-state index >= 15 is 0 Å². The van der Waals surface area contributed by atoms with Gasteiger partial charge in [-0.2, -0.15) is 12.6 Å². The van der Waals surface area contributed by atoms with Crippen molar-refractivity contribution in [3.8, 4) is 17.3 Å². The molecule has 2 aromatic carbocycles. The minimum atomic E-state index is -0.502. The van der Waals surface area contributed by atoms with Crippen molar-refractivity contribution < 1.29 is 19.4 Å². The van der Waals surface area contributed by atoms with Gasteiger partial charge in [0, 0.05) is 22.7 Å². The van der Waals surface area contributed by atoms with Gasteiger partial charge in [0.1, 0.15) is 16.7 Å². The molecule has 0 saturated carbocycles. The van der Waals surface area contributed by atoms with E-state index < -0.39 is 5.97 Å². The summed E-state index contributed by atoms with van der Waals surface area (Å²) >= 11 is 4.13. The number of ether oxygens (including phenoxy) is 2. The maximum atomic E-state index is 12.0. The molecule has 0 aliphatic heterocycles. The molecule has 9 heteroatoms. The number of phenols is 1. The summed E-state index contributed by atoms with van der Waals surface area (Å²) in [5.74, 6) is 0.446. The molecule has 0 aliphatic rings. The Labute approximate surface area is 165 Å². The van der Waals surface area contributed by atoms with E-state index in [0.717, 1.165) is 0 Å². The first-order valence-electron chi connectivity index (χ1n) is 8.43. The van der Waals surface area contributed by atoms with Gasteiger partial charge in [0.05, 0.1) is 19.3 Å². The highest BCUT2D eigenvalue weighted by Crippen LogP contribution is 2.34. The number of carbonyl (C=O) groups is 1. The van der Waals surface area contributed by atoms with Gasteiger partial charge in [0.2, 0.25) is 5.88 Å². The number of thiol groups is 1. The van der Waals surface area contributed by atoms with Crippen LogP contribution >= 0.6 is 12.6 Å². The van der Waals surface area contributed by atoms with Crippen LogP contribution in [-0.4, -0.2) is 50.5 Å². The molecule has 0 atom stereocenters. The van der Waals surface area contributed by atoms with Crippen LogP contribution in [0.1, 0.15) is 10.4 Å². The second-order valence-electron chi connectivity index (χ2n) is 5.87. The van der Waals surface area contributed by atoms with Gasteiger partial charge >= 0.3 is 5.97 Å². The van der Waals surface area contributed by atoms with Crippen molar-refractivity contribution in [3.05, 3.63) is 48.2 Å². The molecule has 4 rings (SSSR count). The number of methoxy groups -OCH3 is 1. The summed E-state index contributed by atoms with van der Waals surface area (Å²) in [4.78, 5) is 17.5. The molecule has 0 spiro atoms. The Hall–Kier alpha value is -3.33. The number of esters is 1. The van der Waals surface area contributed by atoms with Gasteiger partial charge in [0.15, 0.2) is 5.75 Å². The van der Waals surface area contributed by atoms with Gasteiger partial charge in [-0.3, -0.25) is 0 Å². The summed E-state index contributed by atoms with van der Waals surface area (Å²) in [5, 5.41) is 20.8. The summed E-state index contributed by atoms with van der Waals surface area (Å²) in [5.41, 5.74) is 1.57. The molecule has 1 N–H and O–H groups in total. The third-order valence-corrected chi connectivity index (χ3v) is 4.40. The number of nitrogens with zero attached hydrogens (tertiary/aromatic N) is 4. The number of aromatic nitrogens is 4. The lowest BCUT2D eigenvalue weighted by Gasteiger charge is -2.10. The number of rotatable bonds is 5. The van der Waals surface area contributed by atoms with E-state index in [1.165, 1.54) is 11.9 Å². The maximum absolute atomic E-state index is 12.0. The lowest BCUT2D eigenvalue weighted by atomic mass is 10.1. The fraction of sp³-hybridized carbons (Fsp3) is 0.158. The molecule has 4 aromatic rings. The molecular weight excluding hydrogens is 380 g/mol. The highest BCUT2D eigenvalue weighted by Gasteiger charge is 2.18. The van der Waals surface area contributed by atoms with Gasteiger partial charge in [-0.05, 0) is 30.3 Å². The molecule has 2 aromatic heterocycles. The van der Waals surface area contributed by atoms with Crippen LogP contribution in [0.5, 0.6) is 11.6 Å². The summed E-state index contributed by atoms with van der Waals surface area (Å²) in [6, 6.07) is 10.2. The predicted molar refractivity (Wildman–Crippen MR) is 107 cm³/mol. The Morgan fingerprint density at radius 2 is 2.04 bits per heavy atom. The molecule has 0 aliphatic carbocycles. The van der Waals surface area contributed by atoms with E-state index in [-0.39, 0.29) is 5.75 Å². The Morgan fingerprint density at radius 3 is 2.82 bits per heavy atom. The predicted octanol–water partition coefficient (Wildman–Crippen LogP) is 2.77. The van der Waals surface area contributed by atoms with Crippen LogP contribution in [-0.2, 0) is 4.74 Å².